The summed E-state index contributed by atoms with van der Waals surface area (Å²) in [5, 5.41) is 13.3. The molecule has 0 unspecified atom stereocenters. The summed E-state index contributed by atoms with van der Waals surface area (Å²) in [7, 11) is 0. The van der Waals surface area contributed by atoms with Crippen LogP contribution in [-0.4, -0.2) is 47.1 Å². The number of amides is 3. The van der Waals surface area contributed by atoms with E-state index in [0.29, 0.717) is 35.6 Å². The Morgan fingerprint density at radius 3 is 2.44 bits per heavy atom. The minimum absolute atomic E-state index is 0.000341. The second-order valence-electron chi connectivity index (χ2n) is 10.3. The summed E-state index contributed by atoms with van der Waals surface area (Å²) in [6.07, 6.45) is 1.44. The standard InChI is InChI=1S/C29H31N5O4S/c1-17-22(26(30)31)12-21(39-17)15-32-28(37)23-13-29(2)14-24(29)34(23)25(35)16-33-27(36)18-8-10-20(11-9-18)38-19-6-4-3-5-7-19/h3-12,23-24H,13-16H2,1-2H3,(H3,30,31)(H,32,37)(H,33,36)/t23-,24-,29+/m0/s1. The molecular weight excluding hydrogens is 514 g/mol. The summed E-state index contributed by atoms with van der Waals surface area (Å²) in [6.45, 7) is 4.09. The molecule has 2 fully saturated rings. The molecule has 3 amide bonds. The van der Waals surface area contributed by atoms with Crippen LogP contribution < -0.4 is 21.1 Å². The number of likely N-dealkylation sites (tertiary alicyclic amines) is 1. The first-order chi connectivity index (χ1) is 18.6. The molecule has 10 heteroatoms. The third kappa shape index (κ3) is 5.65. The molecular formula is C29H31N5O4S. The van der Waals surface area contributed by atoms with Gasteiger partial charge in [0.25, 0.3) is 5.91 Å². The fourth-order valence-corrected chi connectivity index (χ4v) is 6.19. The van der Waals surface area contributed by atoms with Crippen LogP contribution in [0.5, 0.6) is 11.5 Å². The van der Waals surface area contributed by atoms with Crippen molar-refractivity contribution >= 4 is 34.9 Å². The van der Waals surface area contributed by atoms with E-state index in [1.807, 2.05) is 43.3 Å². The molecule has 2 aromatic carbocycles. The number of carbonyl (C=O) groups is 3. The Morgan fingerprint density at radius 2 is 1.77 bits per heavy atom. The molecule has 1 saturated carbocycles. The molecule has 1 aliphatic carbocycles. The number of rotatable bonds is 9. The Hall–Kier alpha value is -4.18. The Labute approximate surface area is 230 Å². The maximum absolute atomic E-state index is 13.2. The highest BCUT2D eigenvalue weighted by Gasteiger charge is 2.64. The average Bonchev–Trinajstić information content (AvgIpc) is 3.26. The summed E-state index contributed by atoms with van der Waals surface area (Å²) in [6, 6.07) is 17.3. The molecule has 1 aliphatic heterocycles. The number of hydrogen-bond acceptors (Lipinski definition) is 6. The average molecular weight is 546 g/mol. The van der Waals surface area contributed by atoms with E-state index in [0.717, 1.165) is 16.2 Å². The second-order valence-corrected chi connectivity index (χ2v) is 11.7. The molecule has 2 aliphatic rings. The quantitative estimate of drug-likeness (QED) is 0.241. The minimum Gasteiger partial charge on any atom is -0.457 e. The zero-order valence-electron chi connectivity index (χ0n) is 21.8. The van der Waals surface area contributed by atoms with Gasteiger partial charge in [-0.05, 0) is 67.6 Å². The van der Waals surface area contributed by atoms with Crippen molar-refractivity contribution in [3.05, 3.63) is 81.5 Å². The van der Waals surface area contributed by atoms with Crippen LogP contribution in [0.4, 0.5) is 0 Å². The number of carbonyl (C=O) groups excluding carboxylic acids is 3. The number of fused-ring (bicyclic) bond motifs is 1. The fraction of sp³-hybridized carbons (Fsp3) is 0.310. The fourth-order valence-electron chi connectivity index (χ4n) is 5.20. The van der Waals surface area contributed by atoms with E-state index in [9.17, 15) is 14.4 Å². The molecule has 3 aromatic rings. The molecule has 1 aromatic heterocycles. The van der Waals surface area contributed by atoms with Gasteiger partial charge >= 0.3 is 0 Å². The van der Waals surface area contributed by atoms with Gasteiger partial charge in [-0.25, -0.2) is 0 Å². The lowest BCUT2D eigenvalue weighted by Gasteiger charge is -2.27. The molecule has 5 rings (SSSR count). The number of nitrogens with one attached hydrogen (secondary N) is 3. The number of aryl methyl sites for hydroxylation is 1. The first-order valence-electron chi connectivity index (χ1n) is 12.8. The van der Waals surface area contributed by atoms with Gasteiger partial charge in [0.1, 0.15) is 23.4 Å². The number of amidine groups is 1. The highest BCUT2D eigenvalue weighted by atomic mass is 32.1. The second kappa shape index (κ2) is 10.5. The number of ether oxygens (including phenoxy) is 1. The number of nitrogens with zero attached hydrogens (tertiary/aromatic N) is 1. The smallest absolute Gasteiger partial charge is 0.251 e. The van der Waals surface area contributed by atoms with Crippen LogP contribution >= 0.6 is 11.3 Å². The Balaban J connectivity index is 1.16. The van der Waals surface area contributed by atoms with E-state index in [-0.39, 0.29) is 41.6 Å². The highest BCUT2D eigenvalue weighted by Crippen LogP contribution is 2.59. The van der Waals surface area contributed by atoms with Crippen LogP contribution in [0.25, 0.3) is 0 Å². The predicted molar refractivity (Wildman–Crippen MR) is 149 cm³/mol. The number of benzene rings is 2. The highest BCUT2D eigenvalue weighted by molar-refractivity contribution is 7.12. The monoisotopic (exact) mass is 545 g/mol. The van der Waals surface area contributed by atoms with Gasteiger partial charge in [0.05, 0.1) is 13.1 Å². The van der Waals surface area contributed by atoms with Gasteiger partial charge in [-0.3, -0.25) is 19.8 Å². The van der Waals surface area contributed by atoms with E-state index in [1.165, 1.54) is 11.3 Å². The van der Waals surface area contributed by atoms with Gasteiger partial charge in [0, 0.05) is 26.9 Å². The zero-order valence-corrected chi connectivity index (χ0v) is 22.6. The van der Waals surface area contributed by atoms with Crippen LogP contribution in [0.2, 0.25) is 0 Å². The molecule has 202 valence electrons. The summed E-state index contributed by atoms with van der Waals surface area (Å²) in [5.41, 5.74) is 6.62. The number of para-hydroxylation sites is 1. The van der Waals surface area contributed by atoms with E-state index < -0.39 is 6.04 Å². The van der Waals surface area contributed by atoms with E-state index in [1.54, 1.807) is 29.2 Å². The van der Waals surface area contributed by atoms with Crippen molar-refractivity contribution in [2.75, 3.05) is 6.54 Å². The van der Waals surface area contributed by atoms with Gasteiger partial charge in [-0.2, -0.15) is 0 Å². The third-order valence-electron chi connectivity index (χ3n) is 7.42. The van der Waals surface area contributed by atoms with Crippen LogP contribution in [0.3, 0.4) is 0 Å². The van der Waals surface area contributed by atoms with Crippen molar-refractivity contribution in [3.63, 3.8) is 0 Å². The molecule has 5 N–H and O–H groups in total. The van der Waals surface area contributed by atoms with Crippen molar-refractivity contribution < 1.29 is 19.1 Å². The summed E-state index contributed by atoms with van der Waals surface area (Å²) < 4.78 is 5.76. The SMILES string of the molecule is Cc1sc(CNC(=O)[C@@H]2C[C@]3(C)C[C@@H]3N2C(=O)CNC(=O)c2ccc(Oc3ccccc3)cc2)cc1C(=N)N. The van der Waals surface area contributed by atoms with Crippen LogP contribution in [0, 0.1) is 17.7 Å². The summed E-state index contributed by atoms with van der Waals surface area (Å²) in [4.78, 5) is 42.5. The molecule has 0 bridgehead atoms. The lowest BCUT2D eigenvalue weighted by atomic mass is 10.0. The Bertz CT molecular complexity index is 1420. The van der Waals surface area contributed by atoms with Gasteiger partial charge in [-0.1, -0.05) is 25.1 Å². The van der Waals surface area contributed by atoms with Crippen molar-refractivity contribution in [1.29, 1.82) is 5.41 Å². The first-order valence-corrected chi connectivity index (χ1v) is 13.6. The zero-order chi connectivity index (χ0) is 27.7. The number of hydrogen-bond donors (Lipinski definition) is 4. The largest absolute Gasteiger partial charge is 0.457 e. The number of nitrogen functional groups attached to an aromatic ring is 1. The van der Waals surface area contributed by atoms with Gasteiger partial charge in [0.15, 0.2) is 0 Å². The predicted octanol–water partition coefficient (Wildman–Crippen LogP) is 3.56. The van der Waals surface area contributed by atoms with Crippen LogP contribution in [0.15, 0.2) is 60.7 Å². The van der Waals surface area contributed by atoms with E-state index in [2.05, 4.69) is 17.6 Å². The number of nitrogens with two attached hydrogens (primary N) is 1. The summed E-state index contributed by atoms with van der Waals surface area (Å²) >= 11 is 1.48. The van der Waals surface area contributed by atoms with Gasteiger partial charge in [0.2, 0.25) is 11.8 Å². The minimum atomic E-state index is -0.582. The van der Waals surface area contributed by atoms with E-state index in [4.69, 9.17) is 15.9 Å². The molecule has 39 heavy (non-hydrogen) atoms. The van der Waals surface area contributed by atoms with Crippen molar-refractivity contribution in [1.82, 2.24) is 15.5 Å². The maximum Gasteiger partial charge on any atom is 0.251 e. The first kappa shape index (κ1) is 26.4. The normalized spacial score (nSPS) is 21.1. The number of thiophene rings is 1. The topological polar surface area (TPSA) is 138 Å². The molecule has 0 spiro atoms. The van der Waals surface area contributed by atoms with Gasteiger partial charge in [-0.15, -0.1) is 11.3 Å². The number of piperidine rings is 1. The maximum atomic E-state index is 13.2. The van der Waals surface area contributed by atoms with Crippen molar-refractivity contribution in [3.8, 4) is 11.5 Å². The lowest BCUT2D eigenvalue weighted by Crippen LogP contribution is -2.50. The third-order valence-corrected chi connectivity index (χ3v) is 8.47. The lowest BCUT2D eigenvalue weighted by molar-refractivity contribution is -0.139. The van der Waals surface area contributed by atoms with Crippen molar-refractivity contribution in [2.24, 2.45) is 11.1 Å². The van der Waals surface area contributed by atoms with Crippen LogP contribution in [-0.2, 0) is 16.1 Å². The molecule has 1 saturated heterocycles. The Morgan fingerprint density at radius 1 is 1.08 bits per heavy atom. The van der Waals surface area contributed by atoms with Gasteiger partial charge < -0.3 is 26.0 Å². The molecule has 0 radical (unpaired) electrons. The molecule has 3 atom stereocenters. The summed E-state index contributed by atoms with van der Waals surface area (Å²) in [5.74, 6) is 0.436. The molecule has 2 heterocycles. The molecule has 9 nitrogen and oxygen atoms in total. The Kier molecular flexibility index (Phi) is 7.14. The van der Waals surface area contributed by atoms with Crippen LogP contribution in [0.1, 0.15) is 45.4 Å². The van der Waals surface area contributed by atoms with E-state index >= 15 is 0 Å². The van der Waals surface area contributed by atoms with Crippen molar-refractivity contribution in [2.45, 2.75) is 45.3 Å².